The van der Waals surface area contributed by atoms with E-state index < -0.39 is 0 Å². The van der Waals surface area contributed by atoms with E-state index in [2.05, 4.69) is 32.3 Å². The minimum atomic E-state index is -0.188. The van der Waals surface area contributed by atoms with Crippen molar-refractivity contribution in [3.8, 4) is 40.2 Å². The molecule has 0 spiro atoms. The van der Waals surface area contributed by atoms with Crippen molar-refractivity contribution in [1.82, 2.24) is 0 Å². The fourth-order valence-corrected chi connectivity index (χ4v) is 8.65. The molecule has 0 amide bonds. The summed E-state index contributed by atoms with van der Waals surface area (Å²) in [5.41, 5.74) is 5.82. The van der Waals surface area contributed by atoms with E-state index in [1.54, 1.807) is 49.8 Å². The third-order valence-corrected chi connectivity index (χ3v) is 12.3. The maximum atomic E-state index is 13.1. The van der Waals surface area contributed by atoms with E-state index in [0.717, 1.165) is 75.7 Å². The van der Waals surface area contributed by atoms with Gasteiger partial charge in [-0.1, -0.05) is 6.07 Å². The van der Waals surface area contributed by atoms with E-state index in [4.69, 9.17) is 42.6 Å². The smallest absolute Gasteiger partial charge is 0.311 e. The van der Waals surface area contributed by atoms with Crippen LogP contribution in [0.5, 0.6) is 40.2 Å². The molecule has 0 aromatic heterocycles. The molecule has 5 rings (SSSR count). The Morgan fingerprint density at radius 3 is 1.72 bits per heavy atom. The number of likely N-dealkylation sites (N-methyl/N-ethyl adjacent to an activating group) is 2. The molecule has 0 fully saturated rings. The van der Waals surface area contributed by atoms with Crippen LogP contribution in [0.15, 0.2) is 36.4 Å². The lowest BCUT2D eigenvalue weighted by Gasteiger charge is -2.46. The first kappa shape index (κ1) is 51.9. The number of hydrogen-bond donors (Lipinski definition) is 0. The molecular weight excluding hydrogens is 1010 g/mol. The first-order chi connectivity index (χ1) is 28.4. The molecule has 15 heteroatoms. The zero-order chi connectivity index (χ0) is 42.6. The monoisotopic (exact) mass is 1080 g/mol. The van der Waals surface area contributed by atoms with Crippen LogP contribution in [0.1, 0.15) is 72.4 Å². The Bertz CT molecular complexity index is 1910. The molecule has 2 aliphatic heterocycles. The summed E-state index contributed by atoms with van der Waals surface area (Å²) in [6.45, 7) is 4.58. The summed E-state index contributed by atoms with van der Waals surface area (Å²) >= 11 is 0. The lowest BCUT2D eigenvalue weighted by atomic mass is 9.86. The molecular formula is C46H66I2N2O11. The number of methoxy groups -OCH3 is 7. The molecule has 3 atom stereocenters. The highest BCUT2D eigenvalue weighted by atomic mass is 127. The molecule has 0 saturated heterocycles. The molecule has 2 unspecified atom stereocenters. The topological polar surface area (TPSA) is 117 Å². The fourth-order valence-electron chi connectivity index (χ4n) is 8.65. The third-order valence-electron chi connectivity index (χ3n) is 12.3. The largest absolute Gasteiger partial charge is 1.00 e. The van der Waals surface area contributed by atoms with Crippen LogP contribution in [-0.2, 0) is 44.9 Å². The Morgan fingerprint density at radius 2 is 1.13 bits per heavy atom. The van der Waals surface area contributed by atoms with Crippen LogP contribution in [0.2, 0.25) is 0 Å². The van der Waals surface area contributed by atoms with Gasteiger partial charge in [-0.2, -0.15) is 0 Å². The van der Waals surface area contributed by atoms with E-state index >= 15 is 0 Å². The number of unbranched alkanes of at least 4 members (excludes halogenated alkanes) is 3. The Labute approximate surface area is 396 Å². The number of hydrogen-bond acceptors (Lipinski definition) is 11. The summed E-state index contributed by atoms with van der Waals surface area (Å²) < 4.78 is 52.0. The predicted octanol–water partition coefficient (Wildman–Crippen LogP) is 0.671. The van der Waals surface area contributed by atoms with Crippen molar-refractivity contribution >= 4 is 11.9 Å². The molecule has 340 valence electrons. The van der Waals surface area contributed by atoms with E-state index in [1.807, 2.05) is 18.2 Å². The van der Waals surface area contributed by atoms with Gasteiger partial charge in [0.2, 0.25) is 5.75 Å². The zero-order valence-electron chi connectivity index (χ0n) is 37.5. The molecule has 13 nitrogen and oxygen atoms in total. The lowest BCUT2D eigenvalue weighted by molar-refractivity contribution is -0.940. The zero-order valence-corrected chi connectivity index (χ0v) is 41.8. The van der Waals surface area contributed by atoms with Crippen LogP contribution in [0, 0.1) is 0 Å². The summed E-state index contributed by atoms with van der Waals surface area (Å²) in [6, 6.07) is 12.3. The van der Waals surface area contributed by atoms with Crippen LogP contribution in [0.4, 0.5) is 0 Å². The number of fused-ring (bicyclic) bond motifs is 2. The molecule has 61 heavy (non-hydrogen) atoms. The number of benzene rings is 3. The fraction of sp³-hybridized carbons (Fsp3) is 0.565. The quantitative estimate of drug-likeness (QED) is 0.0613. The van der Waals surface area contributed by atoms with Crippen molar-refractivity contribution in [1.29, 1.82) is 0 Å². The lowest BCUT2D eigenvalue weighted by Crippen LogP contribution is -3.00. The molecule has 3 aromatic rings. The van der Waals surface area contributed by atoms with E-state index in [9.17, 15) is 9.59 Å². The van der Waals surface area contributed by atoms with Gasteiger partial charge in [0.15, 0.2) is 34.5 Å². The average molecular weight is 1080 g/mol. The maximum absolute atomic E-state index is 13.1. The second-order valence-corrected chi connectivity index (χ2v) is 16.1. The van der Waals surface area contributed by atoms with Crippen molar-refractivity contribution in [2.45, 2.75) is 70.4 Å². The standard InChI is InChI=1S/C46H66N2O11.2HI/c1-47(20-16-34-29-42(55-7)46(57-9)45(56-8)36(34)31-47)21-18-43(49)58-24-12-10-11-13-25-59-44(50)19-23-48(2)22-17-33-28-40(53-5)41(54-6)30-35(33)37(48)26-32-14-15-38(51-3)39(27-32)52-4;;/h14-15,27-30,37H,10-13,16-26,31H2,1-9H3;2*1H/q+2;;/p-2/t37-,47?,48?;;/m1../s1. The SMILES string of the molecule is COc1ccc(C[C@@H]2c3cc(OC)c(OC)cc3CC[N+]2(C)CCC(=O)OCCCCCCOC(=O)CC[N+]2(C)CCc3cc(OC)c(OC)c(OC)c3C2)cc1OC.[I-].[I-]. The van der Waals surface area contributed by atoms with Gasteiger partial charge in [-0.15, -0.1) is 0 Å². The molecule has 0 bridgehead atoms. The Morgan fingerprint density at radius 1 is 0.590 bits per heavy atom. The first-order valence-electron chi connectivity index (χ1n) is 20.7. The number of esters is 2. The average Bonchev–Trinajstić information content (AvgIpc) is 3.25. The van der Waals surface area contributed by atoms with Gasteiger partial charge in [0.25, 0.3) is 0 Å². The van der Waals surface area contributed by atoms with Gasteiger partial charge in [0.05, 0.1) is 122 Å². The molecule has 0 N–H and O–H groups in total. The highest BCUT2D eigenvalue weighted by molar-refractivity contribution is 5.69. The van der Waals surface area contributed by atoms with Gasteiger partial charge in [-0.3, -0.25) is 9.59 Å². The van der Waals surface area contributed by atoms with Crippen LogP contribution >= 0.6 is 0 Å². The maximum Gasteiger partial charge on any atom is 0.311 e. The number of rotatable bonds is 22. The van der Waals surface area contributed by atoms with Crippen molar-refractivity contribution in [3.05, 3.63) is 64.2 Å². The first-order valence-corrected chi connectivity index (χ1v) is 20.7. The number of carbonyl (C=O) groups is 2. The van der Waals surface area contributed by atoms with Crippen LogP contribution in [-0.4, -0.2) is 124 Å². The third kappa shape index (κ3) is 13.1. The molecule has 2 heterocycles. The second kappa shape index (κ2) is 24.4. The summed E-state index contributed by atoms with van der Waals surface area (Å²) in [4.78, 5) is 25.8. The number of halogens is 2. The van der Waals surface area contributed by atoms with Crippen molar-refractivity contribution < 1.29 is 109 Å². The van der Waals surface area contributed by atoms with Crippen LogP contribution in [0.25, 0.3) is 0 Å². The molecule has 2 aliphatic rings. The molecule has 3 aromatic carbocycles. The van der Waals surface area contributed by atoms with Gasteiger partial charge in [-0.05, 0) is 72.7 Å². The van der Waals surface area contributed by atoms with E-state index in [1.165, 1.54) is 16.7 Å². The van der Waals surface area contributed by atoms with Crippen molar-refractivity contribution in [2.24, 2.45) is 0 Å². The summed E-state index contributed by atoms with van der Waals surface area (Å²) in [6.07, 6.45) is 6.43. The Balaban J connectivity index is 0.00000496. The second-order valence-electron chi connectivity index (χ2n) is 16.1. The number of nitrogens with zero attached hydrogens (tertiary/aromatic N) is 2. The summed E-state index contributed by atoms with van der Waals surface area (Å²) in [5, 5.41) is 0. The summed E-state index contributed by atoms with van der Waals surface area (Å²) in [5.74, 6) is 4.36. The number of quaternary nitrogens is 2. The molecule has 0 radical (unpaired) electrons. The van der Waals surface area contributed by atoms with Crippen LogP contribution in [0.3, 0.4) is 0 Å². The van der Waals surface area contributed by atoms with Crippen molar-refractivity contribution in [2.75, 3.05) is 103 Å². The van der Waals surface area contributed by atoms with Crippen molar-refractivity contribution in [3.63, 3.8) is 0 Å². The Hall–Kier alpha value is -3.42. The van der Waals surface area contributed by atoms with E-state index in [0.29, 0.717) is 88.4 Å². The number of carbonyl (C=O) groups excluding carboxylic acids is 2. The molecule has 0 aliphatic carbocycles. The molecule has 0 saturated carbocycles. The number of ether oxygens (including phenoxy) is 9. The Kier molecular flexibility index (Phi) is 20.8. The predicted molar refractivity (Wildman–Crippen MR) is 224 cm³/mol. The van der Waals surface area contributed by atoms with Gasteiger partial charge in [0, 0.05) is 24.8 Å². The van der Waals surface area contributed by atoms with Crippen LogP contribution < -0.4 is 81.1 Å². The van der Waals surface area contributed by atoms with Gasteiger partial charge in [0.1, 0.15) is 12.6 Å². The highest BCUT2D eigenvalue weighted by Crippen LogP contribution is 2.45. The minimum Gasteiger partial charge on any atom is -1.00 e. The normalized spacial score (nSPS) is 18.8. The summed E-state index contributed by atoms with van der Waals surface area (Å²) in [7, 11) is 15.9. The van der Waals surface area contributed by atoms with Gasteiger partial charge >= 0.3 is 11.9 Å². The minimum absolute atomic E-state index is 0. The van der Waals surface area contributed by atoms with Gasteiger partial charge < -0.3 is 99.6 Å². The highest BCUT2D eigenvalue weighted by Gasteiger charge is 2.40. The van der Waals surface area contributed by atoms with Gasteiger partial charge in [-0.25, -0.2) is 0 Å². The van der Waals surface area contributed by atoms with E-state index in [-0.39, 0.29) is 65.9 Å².